The molecule has 0 amide bonds. The maximum Gasteiger partial charge on any atom is 0.0551 e. The quantitative estimate of drug-likeness (QED) is 0.259. The van der Waals surface area contributed by atoms with E-state index in [0.29, 0.717) is 0 Å². The number of rotatable bonds is 0. The summed E-state index contributed by atoms with van der Waals surface area (Å²) in [4.78, 5) is 3.72. The molecule has 0 fully saturated rings. The van der Waals surface area contributed by atoms with Gasteiger partial charge in [0.15, 0.2) is 0 Å². The van der Waals surface area contributed by atoms with Crippen molar-refractivity contribution in [2.45, 2.75) is 0 Å². The minimum Gasteiger partial charge on any atom is -0.354 e. The Morgan fingerprint density at radius 1 is 0.464 bits per heavy atom. The molecule has 2 heterocycles. The molecule has 0 bridgehead atoms. The number of H-pyrrole nitrogens is 1. The van der Waals surface area contributed by atoms with E-state index in [1.165, 1.54) is 63.5 Å². The monoisotopic (exact) mass is 373 g/mol. The second-order valence-corrected chi connectivity index (χ2v) is 8.51. The maximum atomic E-state index is 3.72. The Morgan fingerprint density at radius 2 is 1.14 bits per heavy atom. The van der Waals surface area contributed by atoms with Gasteiger partial charge in [-0.1, -0.05) is 66.7 Å². The van der Waals surface area contributed by atoms with Crippen LogP contribution in [0.5, 0.6) is 0 Å². The Labute approximate surface area is 164 Å². The molecule has 5 aromatic carbocycles. The van der Waals surface area contributed by atoms with Crippen LogP contribution in [-0.4, -0.2) is 4.98 Å². The van der Waals surface area contributed by atoms with Crippen molar-refractivity contribution in [3.63, 3.8) is 0 Å². The van der Waals surface area contributed by atoms with Gasteiger partial charge < -0.3 is 4.98 Å². The first-order chi connectivity index (χ1) is 13.9. The molecule has 0 spiro atoms. The Kier molecular flexibility index (Phi) is 2.68. The first-order valence-corrected chi connectivity index (χ1v) is 10.4. The smallest absolute Gasteiger partial charge is 0.0551 e. The molecule has 1 nitrogen and oxygen atoms in total. The summed E-state index contributed by atoms with van der Waals surface area (Å²) in [7, 11) is 0. The van der Waals surface area contributed by atoms with Crippen LogP contribution in [0.25, 0.3) is 63.5 Å². The van der Waals surface area contributed by atoms with E-state index in [4.69, 9.17) is 0 Å². The van der Waals surface area contributed by atoms with E-state index in [9.17, 15) is 0 Å². The zero-order chi connectivity index (χ0) is 18.2. The fraction of sp³-hybridized carbons (Fsp3) is 0. The summed E-state index contributed by atoms with van der Waals surface area (Å²) < 4.78 is 2.71. The zero-order valence-electron chi connectivity index (χ0n) is 15.0. The number of thiophene rings is 1. The number of nitrogens with one attached hydrogen (secondary N) is 1. The van der Waals surface area contributed by atoms with Gasteiger partial charge in [-0.15, -0.1) is 11.3 Å². The lowest BCUT2D eigenvalue weighted by molar-refractivity contribution is 1.57. The lowest BCUT2D eigenvalue weighted by Gasteiger charge is -2.09. The molecule has 0 aliphatic heterocycles. The van der Waals surface area contributed by atoms with Gasteiger partial charge >= 0.3 is 0 Å². The highest BCUT2D eigenvalue weighted by molar-refractivity contribution is 7.26. The molecule has 130 valence electrons. The second-order valence-electron chi connectivity index (χ2n) is 7.43. The third-order valence-corrected chi connectivity index (χ3v) is 7.12. The summed E-state index contributed by atoms with van der Waals surface area (Å²) in [6.45, 7) is 0. The van der Waals surface area contributed by atoms with Crippen LogP contribution in [-0.2, 0) is 0 Å². The van der Waals surface area contributed by atoms with Gasteiger partial charge in [0.25, 0.3) is 0 Å². The number of fused-ring (bicyclic) bond motifs is 12. The SMILES string of the molecule is c1ccc2c(c1)[nH]c1c3ccc4sc5ccccc5c4c3c3ccccc3c21. The number of aromatic amines is 1. The number of hydrogen-bond donors (Lipinski definition) is 1. The topological polar surface area (TPSA) is 15.8 Å². The molecule has 0 saturated heterocycles. The van der Waals surface area contributed by atoms with Crippen LogP contribution in [0.2, 0.25) is 0 Å². The summed E-state index contributed by atoms with van der Waals surface area (Å²) in [6.07, 6.45) is 0. The summed E-state index contributed by atoms with van der Waals surface area (Å²) >= 11 is 1.89. The predicted octanol–water partition coefficient (Wildman–Crippen LogP) is 8.00. The van der Waals surface area contributed by atoms with Crippen molar-refractivity contribution in [2.75, 3.05) is 0 Å². The Hall–Kier alpha value is -3.36. The summed E-state index contributed by atoms with van der Waals surface area (Å²) in [5, 5.41) is 10.7. The van der Waals surface area contributed by atoms with E-state index >= 15 is 0 Å². The fourth-order valence-electron chi connectivity index (χ4n) is 4.85. The van der Waals surface area contributed by atoms with Crippen molar-refractivity contribution in [1.82, 2.24) is 4.98 Å². The molecule has 0 unspecified atom stereocenters. The van der Waals surface area contributed by atoms with Crippen molar-refractivity contribution < 1.29 is 0 Å². The molecular weight excluding hydrogens is 358 g/mol. The van der Waals surface area contributed by atoms with Gasteiger partial charge in [-0.3, -0.25) is 0 Å². The molecule has 0 aliphatic rings. The molecule has 0 radical (unpaired) electrons. The van der Waals surface area contributed by atoms with Crippen molar-refractivity contribution in [3.05, 3.63) is 84.9 Å². The largest absolute Gasteiger partial charge is 0.354 e. The molecule has 2 aromatic heterocycles. The minimum atomic E-state index is 1.20. The molecule has 0 atom stereocenters. The van der Waals surface area contributed by atoms with Gasteiger partial charge in [-0.05, 0) is 29.0 Å². The van der Waals surface area contributed by atoms with Crippen LogP contribution < -0.4 is 0 Å². The lowest BCUT2D eigenvalue weighted by Crippen LogP contribution is -1.82. The average Bonchev–Trinajstić information content (AvgIpc) is 3.32. The van der Waals surface area contributed by atoms with E-state index < -0.39 is 0 Å². The normalized spacial score (nSPS) is 12.3. The highest BCUT2D eigenvalue weighted by Crippen LogP contribution is 2.45. The van der Waals surface area contributed by atoms with Gasteiger partial charge in [0.1, 0.15) is 0 Å². The molecular formula is C26H15NS. The van der Waals surface area contributed by atoms with Crippen molar-refractivity contribution in [1.29, 1.82) is 0 Å². The lowest BCUT2D eigenvalue weighted by atomic mass is 9.94. The van der Waals surface area contributed by atoms with Crippen LogP contribution >= 0.6 is 11.3 Å². The summed E-state index contributed by atoms with van der Waals surface area (Å²) in [5.41, 5.74) is 2.44. The van der Waals surface area contributed by atoms with Gasteiger partial charge in [0.2, 0.25) is 0 Å². The Bertz CT molecular complexity index is 1720. The van der Waals surface area contributed by atoms with Crippen LogP contribution in [0.3, 0.4) is 0 Å². The zero-order valence-corrected chi connectivity index (χ0v) is 15.8. The van der Waals surface area contributed by atoms with Crippen molar-refractivity contribution in [2.24, 2.45) is 0 Å². The third kappa shape index (κ3) is 1.71. The summed E-state index contributed by atoms with van der Waals surface area (Å²) in [5.74, 6) is 0. The third-order valence-electron chi connectivity index (χ3n) is 5.98. The van der Waals surface area contributed by atoms with Crippen LogP contribution in [0, 0.1) is 0 Å². The van der Waals surface area contributed by atoms with E-state index in [2.05, 4.69) is 89.9 Å². The van der Waals surface area contributed by atoms with Crippen LogP contribution in [0.1, 0.15) is 0 Å². The molecule has 28 heavy (non-hydrogen) atoms. The first kappa shape index (κ1) is 14.7. The molecule has 1 N–H and O–H groups in total. The van der Waals surface area contributed by atoms with Gasteiger partial charge in [0, 0.05) is 47.2 Å². The molecule has 7 aromatic rings. The van der Waals surface area contributed by atoms with Crippen LogP contribution in [0.15, 0.2) is 84.9 Å². The number of hydrogen-bond acceptors (Lipinski definition) is 1. The Balaban J connectivity index is 1.90. The fourth-order valence-corrected chi connectivity index (χ4v) is 5.96. The Morgan fingerprint density at radius 3 is 2.00 bits per heavy atom. The average molecular weight is 373 g/mol. The van der Waals surface area contributed by atoms with Crippen molar-refractivity contribution in [3.8, 4) is 0 Å². The van der Waals surface area contributed by atoms with Gasteiger partial charge in [-0.25, -0.2) is 0 Å². The van der Waals surface area contributed by atoms with Gasteiger partial charge in [-0.2, -0.15) is 0 Å². The minimum absolute atomic E-state index is 1.20. The van der Waals surface area contributed by atoms with E-state index in [1.54, 1.807) is 0 Å². The predicted molar refractivity (Wildman–Crippen MR) is 124 cm³/mol. The van der Waals surface area contributed by atoms with Crippen LogP contribution in [0.4, 0.5) is 0 Å². The number of aromatic nitrogens is 1. The first-order valence-electron chi connectivity index (χ1n) is 9.55. The molecule has 0 saturated carbocycles. The second kappa shape index (κ2) is 5.12. The van der Waals surface area contributed by atoms with E-state index in [0.717, 1.165) is 0 Å². The number of para-hydroxylation sites is 1. The standard InChI is InChI=1S/C26H15NS/c1-2-8-16-15(7-1)23-19(26-24(16)17-9-3-5-11-20(17)27-26)13-14-22-25(23)18-10-4-6-12-21(18)28-22/h1-14,27H. The molecule has 0 aliphatic carbocycles. The van der Waals surface area contributed by atoms with E-state index in [-0.39, 0.29) is 0 Å². The van der Waals surface area contributed by atoms with Gasteiger partial charge in [0.05, 0.1) is 5.52 Å². The van der Waals surface area contributed by atoms with E-state index in [1.807, 2.05) is 11.3 Å². The summed E-state index contributed by atoms with van der Waals surface area (Å²) in [6, 6.07) is 30.9. The maximum absolute atomic E-state index is 3.72. The van der Waals surface area contributed by atoms with Crippen molar-refractivity contribution >= 4 is 74.9 Å². The highest BCUT2D eigenvalue weighted by atomic mass is 32.1. The number of benzene rings is 5. The highest BCUT2D eigenvalue weighted by Gasteiger charge is 2.17. The molecule has 2 heteroatoms. The molecule has 7 rings (SSSR count).